The monoisotopic (exact) mass is 607 g/mol. The van der Waals surface area contributed by atoms with Gasteiger partial charge in [0.2, 0.25) is 15.9 Å². The van der Waals surface area contributed by atoms with Gasteiger partial charge in [-0.25, -0.2) is 22.2 Å². The number of piperazine rings is 1. The number of halogens is 5. The second-order valence-electron chi connectivity index (χ2n) is 10.1. The van der Waals surface area contributed by atoms with Crippen molar-refractivity contribution in [2.45, 2.75) is 50.2 Å². The van der Waals surface area contributed by atoms with Gasteiger partial charge in [0.1, 0.15) is 10.9 Å². The van der Waals surface area contributed by atoms with Crippen LogP contribution in [0.3, 0.4) is 0 Å². The van der Waals surface area contributed by atoms with E-state index in [1.807, 2.05) is 9.62 Å². The molecule has 0 radical (unpaired) electrons. The molecule has 218 valence electrons. The van der Waals surface area contributed by atoms with Crippen LogP contribution in [0.1, 0.15) is 38.1 Å². The first-order chi connectivity index (χ1) is 18.8. The molecule has 40 heavy (non-hydrogen) atoms. The average molecular weight is 608 g/mol. The summed E-state index contributed by atoms with van der Waals surface area (Å²) in [4.78, 5) is 19.8. The molecule has 1 aliphatic heterocycles. The van der Waals surface area contributed by atoms with Gasteiger partial charge in [-0.05, 0) is 24.8 Å². The zero-order valence-corrected chi connectivity index (χ0v) is 23.0. The molecule has 17 heteroatoms. The summed E-state index contributed by atoms with van der Waals surface area (Å²) in [6, 6.07) is -0.963. The molecule has 0 bridgehead atoms. The Balaban J connectivity index is 1.57. The van der Waals surface area contributed by atoms with E-state index in [1.54, 1.807) is 18.7 Å². The Kier molecular flexibility index (Phi) is 7.50. The number of nitrogens with zero attached hydrogens (tertiary/aromatic N) is 6. The van der Waals surface area contributed by atoms with E-state index < -0.39 is 44.5 Å². The van der Waals surface area contributed by atoms with E-state index in [4.69, 9.17) is 0 Å². The summed E-state index contributed by atoms with van der Waals surface area (Å²) in [5.74, 6) is -1.06. The van der Waals surface area contributed by atoms with Gasteiger partial charge in [0.05, 0.1) is 17.4 Å². The van der Waals surface area contributed by atoms with Gasteiger partial charge in [0, 0.05) is 38.3 Å². The lowest BCUT2D eigenvalue weighted by Crippen LogP contribution is -2.50. The average Bonchev–Trinajstić information content (AvgIpc) is 3.43. The molecule has 1 atom stereocenters. The van der Waals surface area contributed by atoms with Gasteiger partial charge in [-0.1, -0.05) is 25.2 Å². The number of fused-ring (bicyclic) bond motifs is 1. The number of sulfonamides is 1. The maximum absolute atomic E-state index is 13.7. The number of carbonyl (C=O) groups excluding carboxylic acids is 1. The Morgan fingerprint density at radius 2 is 1.80 bits per heavy atom. The smallest absolute Gasteiger partial charge is 0.366 e. The standard InChI is InChI=1S/C23H26F5N7O3S2/c1-12(2)22(36)34-7-5-33(6-8-34)15-9-14(40(37,38)32-17(13-3-4-13)23(26,27)28)11-35-16(15)10-29-19(35)21-31-30-20(39-21)18(24)25/h9-13,17-18,32H,3-8H2,1-2H3. The summed E-state index contributed by atoms with van der Waals surface area (Å²) < 4.78 is 97.2. The van der Waals surface area contributed by atoms with Crippen LogP contribution in [0, 0.1) is 11.8 Å². The molecule has 1 saturated carbocycles. The Morgan fingerprint density at radius 1 is 1.12 bits per heavy atom. The van der Waals surface area contributed by atoms with Crippen molar-refractivity contribution in [1.82, 2.24) is 29.2 Å². The van der Waals surface area contributed by atoms with Crippen LogP contribution >= 0.6 is 11.3 Å². The van der Waals surface area contributed by atoms with Gasteiger partial charge in [-0.3, -0.25) is 9.20 Å². The Hall–Kier alpha value is -2.92. The number of hydrogen-bond donors (Lipinski definition) is 1. The van der Waals surface area contributed by atoms with Crippen molar-refractivity contribution in [2.24, 2.45) is 11.8 Å². The van der Waals surface area contributed by atoms with Crippen LogP contribution in [0.15, 0.2) is 23.4 Å². The second-order valence-corrected chi connectivity index (χ2v) is 12.8. The molecule has 1 amide bonds. The van der Waals surface area contributed by atoms with Crippen molar-refractivity contribution < 1.29 is 35.2 Å². The zero-order valence-electron chi connectivity index (χ0n) is 21.4. The second kappa shape index (κ2) is 10.5. The molecule has 5 rings (SSSR count). The van der Waals surface area contributed by atoms with Gasteiger partial charge in [0.25, 0.3) is 6.43 Å². The highest BCUT2D eigenvalue weighted by atomic mass is 32.2. The minimum atomic E-state index is -4.78. The van der Waals surface area contributed by atoms with Crippen molar-refractivity contribution in [3.63, 3.8) is 0 Å². The Morgan fingerprint density at radius 3 is 2.35 bits per heavy atom. The molecular formula is C23H26F5N7O3S2. The van der Waals surface area contributed by atoms with Gasteiger partial charge < -0.3 is 9.80 Å². The molecule has 2 fully saturated rings. The van der Waals surface area contributed by atoms with Gasteiger partial charge in [-0.2, -0.15) is 17.9 Å². The van der Waals surface area contributed by atoms with Crippen molar-refractivity contribution in [1.29, 1.82) is 0 Å². The van der Waals surface area contributed by atoms with Crippen molar-refractivity contribution in [3.8, 4) is 10.8 Å². The largest absolute Gasteiger partial charge is 0.405 e. The predicted octanol–water partition coefficient (Wildman–Crippen LogP) is 3.71. The highest BCUT2D eigenvalue weighted by molar-refractivity contribution is 7.89. The number of alkyl halides is 5. The summed E-state index contributed by atoms with van der Waals surface area (Å²) in [6.07, 6.45) is -4.63. The highest BCUT2D eigenvalue weighted by Gasteiger charge is 2.51. The van der Waals surface area contributed by atoms with E-state index in [-0.39, 0.29) is 35.5 Å². The third kappa shape index (κ3) is 5.63. The molecule has 0 aromatic carbocycles. The molecule has 1 saturated heterocycles. The van der Waals surface area contributed by atoms with E-state index in [2.05, 4.69) is 15.2 Å². The number of imidazole rings is 1. The van der Waals surface area contributed by atoms with Crippen LogP contribution in [0.4, 0.5) is 27.6 Å². The zero-order chi connectivity index (χ0) is 29.0. The number of aromatic nitrogens is 4. The maximum atomic E-state index is 13.7. The Bertz CT molecular complexity index is 1510. The van der Waals surface area contributed by atoms with Crippen LogP contribution in [-0.4, -0.2) is 77.2 Å². The molecule has 3 aromatic heterocycles. The predicted molar refractivity (Wildman–Crippen MR) is 136 cm³/mol. The molecule has 10 nitrogen and oxygen atoms in total. The summed E-state index contributed by atoms with van der Waals surface area (Å²) >= 11 is 0.574. The number of carbonyl (C=O) groups is 1. The number of nitrogens with one attached hydrogen (secondary N) is 1. The highest BCUT2D eigenvalue weighted by Crippen LogP contribution is 2.41. The Labute approximate surface area is 230 Å². The van der Waals surface area contributed by atoms with Crippen LogP contribution in [0.5, 0.6) is 0 Å². The SMILES string of the molecule is CC(C)C(=O)N1CCN(c2cc(S(=O)(=O)NC(C3CC3)C(F)(F)F)cn3c(-c4nnc(C(F)F)s4)ncc23)CC1. The fourth-order valence-corrected chi connectivity index (χ4v) is 6.65. The third-order valence-corrected chi connectivity index (χ3v) is 9.21. The quantitative estimate of drug-likeness (QED) is 0.389. The lowest BCUT2D eigenvalue weighted by atomic mass is 10.1. The minimum absolute atomic E-state index is 0.0118. The first kappa shape index (κ1) is 28.6. The van der Waals surface area contributed by atoms with E-state index in [0.29, 0.717) is 48.7 Å². The molecule has 4 heterocycles. The molecule has 2 aliphatic rings. The van der Waals surface area contributed by atoms with Crippen LogP contribution < -0.4 is 9.62 Å². The van der Waals surface area contributed by atoms with E-state index in [1.165, 1.54) is 16.7 Å². The lowest BCUT2D eigenvalue weighted by molar-refractivity contribution is -0.155. The van der Waals surface area contributed by atoms with Crippen LogP contribution in [-0.2, 0) is 14.8 Å². The van der Waals surface area contributed by atoms with Crippen LogP contribution in [0.25, 0.3) is 16.3 Å². The van der Waals surface area contributed by atoms with E-state index >= 15 is 0 Å². The lowest BCUT2D eigenvalue weighted by Gasteiger charge is -2.37. The topological polar surface area (TPSA) is 113 Å². The first-order valence-corrected chi connectivity index (χ1v) is 14.8. The van der Waals surface area contributed by atoms with Gasteiger partial charge in [0.15, 0.2) is 15.8 Å². The summed E-state index contributed by atoms with van der Waals surface area (Å²) in [5.41, 5.74) is 0.743. The number of pyridine rings is 1. The molecular weight excluding hydrogens is 581 g/mol. The third-order valence-electron chi connectivity index (χ3n) is 6.88. The van der Waals surface area contributed by atoms with Crippen LogP contribution in [0.2, 0.25) is 0 Å². The summed E-state index contributed by atoms with van der Waals surface area (Å²) in [5, 5.41) is 6.64. The van der Waals surface area contributed by atoms with Gasteiger partial charge in [-0.15, -0.1) is 10.2 Å². The summed E-state index contributed by atoms with van der Waals surface area (Å²) in [6.45, 7) is 4.93. The molecule has 0 spiro atoms. The van der Waals surface area contributed by atoms with Crippen molar-refractivity contribution >= 4 is 38.5 Å². The van der Waals surface area contributed by atoms with Crippen molar-refractivity contribution in [2.75, 3.05) is 31.1 Å². The molecule has 1 N–H and O–H groups in total. The molecule has 1 unspecified atom stereocenters. The molecule has 3 aromatic rings. The fourth-order valence-electron chi connectivity index (χ4n) is 4.65. The van der Waals surface area contributed by atoms with E-state index in [9.17, 15) is 35.2 Å². The number of amides is 1. The summed E-state index contributed by atoms with van der Waals surface area (Å²) in [7, 11) is -4.68. The van der Waals surface area contributed by atoms with Crippen molar-refractivity contribution in [3.05, 3.63) is 23.5 Å². The normalized spacial score (nSPS) is 17.8. The maximum Gasteiger partial charge on any atom is 0.405 e. The molecule has 1 aliphatic carbocycles. The number of hydrogen-bond acceptors (Lipinski definition) is 8. The number of rotatable bonds is 8. The fraction of sp³-hybridized carbons (Fsp3) is 0.565. The van der Waals surface area contributed by atoms with Gasteiger partial charge >= 0.3 is 6.18 Å². The number of anilines is 1. The minimum Gasteiger partial charge on any atom is -0.366 e. The first-order valence-electron chi connectivity index (χ1n) is 12.5. The van der Waals surface area contributed by atoms with E-state index in [0.717, 1.165) is 6.20 Å².